The van der Waals surface area contributed by atoms with Gasteiger partial charge in [-0.05, 0) is 18.6 Å². The molecule has 0 saturated carbocycles. The van der Waals surface area contributed by atoms with Gasteiger partial charge in [0.2, 0.25) is 0 Å². The van der Waals surface area contributed by atoms with E-state index < -0.39 is 11.7 Å². The summed E-state index contributed by atoms with van der Waals surface area (Å²) in [5, 5.41) is 9.60. The minimum Gasteiger partial charge on any atom is -0.283 e. The van der Waals surface area contributed by atoms with E-state index in [0.717, 1.165) is 0 Å². The van der Waals surface area contributed by atoms with Gasteiger partial charge in [0.05, 0.1) is 11.3 Å². The van der Waals surface area contributed by atoms with Crippen molar-refractivity contribution >= 4 is 17.4 Å². The van der Waals surface area contributed by atoms with Gasteiger partial charge in [-0.1, -0.05) is 12.1 Å². The Morgan fingerprint density at radius 2 is 2.00 bits per heavy atom. The minimum absolute atomic E-state index is 0.273. The molecule has 0 atom stereocenters. The number of Topliss-reactive ketones (excluding diaryl/α,β-unsaturated/α-hetero) is 1. The Morgan fingerprint density at radius 1 is 1.31 bits per heavy atom. The second-order valence-electron chi connectivity index (χ2n) is 2.92. The zero-order valence-electron chi connectivity index (χ0n) is 6.94. The summed E-state index contributed by atoms with van der Waals surface area (Å²) in [5.74, 6) is -1.53. The largest absolute Gasteiger partial charge is 0.323 e. The molecule has 13 heavy (non-hydrogen) atoms. The molecule has 0 radical (unpaired) electrons. The maximum atomic E-state index is 11.3. The fourth-order valence-electron chi connectivity index (χ4n) is 1.44. The van der Waals surface area contributed by atoms with E-state index in [9.17, 15) is 14.8 Å². The van der Waals surface area contributed by atoms with Gasteiger partial charge in [-0.2, -0.15) is 5.06 Å². The molecule has 0 fully saturated rings. The number of carbonyl (C=O) groups excluding carboxylic acids is 2. The third kappa shape index (κ3) is 0.891. The number of hydroxylamine groups is 1. The molecule has 1 amide bonds. The Bertz CT molecular complexity index is 411. The van der Waals surface area contributed by atoms with Crippen LogP contribution in [0.4, 0.5) is 5.69 Å². The van der Waals surface area contributed by atoms with Crippen LogP contribution in [0, 0.1) is 6.92 Å². The Morgan fingerprint density at radius 3 is 2.62 bits per heavy atom. The van der Waals surface area contributed by atoms with Gasteiger partial charge in [0.15, 0.2) is 0 Å². The predicted octanol–water partition coefficient (Wildman–Crippen LogP) is 0.914. The summed E-state index contributed by atoms with van der Waals surface area (Å²) in [5.41, 5.74) is 1.28. The zero-order chi connectivity index (χ0) is 9.59. The first kappa shape index (κ1) is 7.94. The van der Waals surface area contributed by atoms with E-state index in [1.54, 1.807) is 19.1 Å². The Kier molecular flexibility index (Phi) is 1.47. The molecule has 1 aromatic rings. The van der Waals surface area contributed by atoms with E-state index in [2.05, 4.69) is 0 Å². The van der Waals surface area contributed by atoms with Gasteiger partial charge in [-0.25, -0.2) is 0 Å². The van der Waals surface area contributed by atoms with Crippen molar-refractivity contribution in [3.8, 4) is 0 Å². The number of carbonyl (C=O) groups is 2. The van der Waals surface area contributed by atoms with Crippen molar-refractivity contribution in [2.24, 2.45) is 0 Å². The van der Waals surface area contributed by atoms with Gasteiger partial charge in [-0.3, -0.25) is 14.8 Å². The molecule has 1 N–H and O–H groups in total. The van der Waals surface area contributed by atoms with Crippen LogP contribution in [0.3, 0.4) is 0 Å². The summed E-state index contributed by atoms with van der Waals surface area (Å²) in [6.07, 6.45) is 0. The van der Waals surface area contributed by atoms with Crippen LogP contribution in [-0.4, -0.2) is 16.9 Å². The lowest BCUT2D eigenvalue weighted by molar-refractivity contribution is -0.118. The SMILES string of the molecule is Cc1cccc2c1C(=O)C(=O)N2O. The van der Waals surface area contributed by atoms with Crippen molar-refractivity contribution < 1.29 is 14.8 Å². The maximum absolute atomic E-state index is 11.3. The van der Waals surface area contributed by atoms with Crippen LogP contribution >= 0.6 is 0 Å². The van der Waals surface area contributed by atoms with Crippen LogP contribution in [0.25, 0.3) is 0 Å². The monoisotopic (exact) mass is 177 g/mol. The average Bonchev–Trinajstić information content (AvgIpc) is 2.33. The lowest BCUT2D eigenvalue weighted by atomic mass is 10.1. The van der Waals surface area contributed by atoms with E-state index in [-0.39, 0.29) is 5.69 Å². The highest BCUT2D eigenvalue weighted by Crippen LogP contribution is 2.29. The molecule has 0 saturated heterocycles. The average molecular weight is 177 g/mol. The number of benzene rings is 1. The number of fused-ring (bicyclic) bond motifs is 1. The molecule has 66 valence electrons. The number of hydrogen-bond donors (Lipinski definition) is 1. The van der Waals surface area contributed by atoms with Gasteiger partial charge in [0, 0.05) is 0 Å². The molecule has 1 heterocycles. The van der Waals surface area contributed by atoms with Gasteiger partial charge in [-0.15, -0.1) is 0 Å². The Hall–Kier alpha value is -1.68. The quantitative estimate of drug-likeness (QED) is 0.473. The van der Waals surface area contributed by atoms with Crippen LogP contribution < -0.4 is 5.06 Å². The molecule has 0 aromatic heterocycles. The number of ketones is 1. The van der Waals surface area contributed by atoms with Crippen molar-refractivity contribution in [3.63, 3.8) is 0 Å². The number of anilines is 1. The maximum Gasteiger partial charge on any atom is 0.323 e. The molecule has 1 aromatic carbocycles. The molecule has 0 aliphatic carbocycles. The van der Waals surface area contributed by atoms with Crippen LogP contribution in [-0.2, 0) is 4.79 Å². The van der Waals surface area contributed by atoms with E-state index in [1.807, 2.05) is 0 Å². The molecule has 4 heteroatoms. The zero-order valence-corrected chi connectivity index (χ0v) is 6.94. The second kappa shape index (κ2) is 2.40. The molecule has 0 bridgehead atoms. The topological polar surface area (TPSA) is 57.6 Å². The van der Waals surface area contributed by atoms with Crippen molar-refractivity contribution in [2.75, 3.05) is 5.06 Å². The second-order valence-corrected chi connectivity index (χ2v) is 2.92. The number of hydrogen-bond acceptors (Lipinski definition) is 3. The first-order chi connectivity index (χ1) is 6.13. The van der Waals surface area contributed by atoms with Gasteiger partial charge >= 0.3 is 5.91 Å². The lowest BCUT2D eigenvalue weighted by Crippen LogP contribution is -2.25. The molecule has 0 spiro atoms. The third-order valence-electron chi connectivity index (χ3n) is 2.09. The highest BCUT2D eigenvalue weighted by Gasteiger charge is 2.36. The van der Waals surface area contributed by atoms with E-state index in [0.29, 0.717) is 16.2 Å². The molecule has 0 unspecified atom stereocenters. The number of nitrogens with zero attached hydrogens (tertiary/aromatic N) is 1. The summed E-state index contributed by atoms with van der Waals surface area (Å²) in [7, 11) is 0. The lowest BCUT2D eigenvalue weighted by Gasteiger charge is -2.05. The molecule has 1 aliphatic rings. The Labute approximate surface area is 74.4 Å². The molecule has 1 aliphatic heterocycles. The number of rotatable bonds is 0. The fourth-order valence-corrected chi connectivity index (χ4v) is 1.44. The highest BCUT2D eigenvalue weighted by atomic mass is 16.5. The van der Waals surface area contributed by atoms with Gasteiger partial charge in [0.1, 0.15) is 0 Å². The van der Waals surface area contributed by atoms with Crippen molar-refractivity contribution in [2.45, 2.75) is 6.92 Å². The fraction of sp³-hybridized carbons (Fsp3) is 0.111. The smallest absolute Gasteiger partial charge is 0.283 e. The standard InChI is InChI=1S/C9H7NO3/c1-5-3-2-4-6-7(5)8(11)9(12)10(6)13/h2-4,13H,1H3. The predicted molar refractivity (Wildman–Crippen MR) is 44.8 cm³/mol. The van der Waals surface area contributed by atoms with Crippen LogP contribution in [0.15, 0.2) is 18.2 Å². The van der Waals surface area contributed by atoms with Crippen molar-refractivity contribution in [1.82, 2.24) is 0 Å². The summed E-state index contributed by atoms with van der Waals surface area (Å²) >= 11 is 0. The molecular weight excluding hydrogens is 170 g/mol. The summed E-state index contributed by atoms with van der Waals surface area (Å²) in [4.78, 5) is 22.3. The normalized spacial score (nSPS) is 15.1. The van der Waals surface area contributed by atoms with Crippen LogP contribution in [0.2, 0.25) is 0 Å². The third-order valence-corrected chi connectivity index (χ3v) is 2.09. The van der Waals surface area contributed by atoms with Gasteiger partial charge in [0.25, 0.3) is 5.78 Å². The number of amides is 1. The minimum atomic E-state index is -0.885. The van der Waals surface area contributed by atoms with Crippen LogP contribution in [0.5, 0.6) is 0 Å². The van der Waals surface area contributed by atoms with Gasteiger partial charge < -0.3 is 0 Å². The van der Waals surface area contributed by atoms with E-state index >= 15 is 0 Å². The first-order valence-electron chi connectivity index (χ1n) is 3.80. The molecular formula is C9H7NO3. The van der Waals surface area contributed by atoms with E-state index in [4.69, 9.17) is 0 Å². The van der Waals surface area contributed by atoms with E-state index in [1.165, 1.54) is 6.07 Å². The molecule has 2 rings (SSSR count). The molecule has 4 nitrogen and oxygen atoms in total. The van der Waals surface area contributed by atoms with Crippen molar-refractivity contribution in [3.05, 3.63) is 29.3 Å². The van der Waals surface area contributed by atoms with Crippen molar-refractivity contribution in [1.29, 1.82) is 0 Å². The highest BCUT2D eigenvalue weighted by molar-refractivity contribution is 6.51. The Balaban J connectivity index is 2.73. The summed E-state index contributed by atoms with van der Waals surface area (Å²) < 4.78 is 0. The summed E-state index contributed by atoms with van der Waals surface area (Å²) in [6.45, 7) is 1.73. The van der Waals surface area contributed by atoms with Crippen LogP contribution in [0.1, 0.15) is 15.9 Å². The first-order valence-corrected chi connectivity index (χ1v) is 3.80. The summed E-state index contributed by atoms with van der Waals surface area (Å²) in [6, 6.07) is 4.94. The number of aryl methyl sites for hydroxylation is 1.